The summed E-state index contributed by atoms with van der Waals surface area (Å²) in [5.74, 6) is -0.686. The Morgan fingerprint density at radius 1 is 1.30 bits per heavy atom. The van der Waals surface area contributed by atoms with Crippen LogP contribution in [0.1, 0.15) is 31.5 Å². The van der Waals surface area contributed by atoms with Gasteiger partial charge in [0.25, 0.3) is 0 Å². The number of hydrogen-bond acceptors (Lipinski definition) is 7. The van der Waals surface area contributed by atoms with Crippen molar-refractivity contribution >= 4 is 11.9 Å². The van der Waals surface area contributed by atoms with Crippen LogP contribution < -0.4 is 11.1 Å². The Morgan fingerprint density at radius 3 is 2.65 bits per heavy atom. The first-order valence-corrected chi connectivity index (χ1v) is 6.34. The number of carboxylic acids is 1. The molecule has 0 saturated heterocycles. The molecular formula is C11H18N6O3. The van der Waals surface area contributed by atoms with E-state index < -0.39 is 12.0 Å². The van der Waals surface area contributed by atoms with Gasteiger partial charge >= 0.3 is 5.97 Å². The van der Waals surface area contributed by atoms with Crippen molar-refractivity contribution < 1.29 is 14.7 Å². The fourth-order valence-corrected chi connectivity index (χ4v) is 1.48. The number of aryl methyl sites for hydroxylation is 1. The van der Waals surface area contributed by atoms with Crippen LogP contribution >= 0.6 is 0 Å². The molecule has 0 unspecified atom stereocenters. The summed E-state index contributed by atoms with van der Waals surface area (Å²) in [5.41, 5.74) is 5.36. The average molecular weight is 282 g/mol. The molecule has 20 heavy (non-hydrogen) atoms. The van der Waals surface area contributed by atoms with Crippen LogP contribution in [-0.4, -0.2) is 50.0 Å². The SMILES string of the molecule is N[C@@H](CCCCNC(=O)CCc1nncnn1)C(=O)O. The van der Waals surface area contributed by atoms with Crippen molar-refractivity contribution in [1.29, 1.82) is 0 Å². The number of carboxylic acid groups (broad SMARTS) is 1. The number of amides is 1. The molecule has 0 aliphatic heterocycles. The molecule has 0 bridgehead atoms. The molecule has 9 nitrogen and oxygen atoms in total. The van der Waals surface area contributed by atoms with Crippen molar-refractivity contribution in [2.45, 2.75) is 38.1 Å². The van der Waals surface area contributed by atoms with E-state index in [0.29, 0.717) is 38.1 Å². The van der Waals surface area contributed by atoms with Crippen LogP contribution in [0.5, 0.6) is 0 Å². The van der Waals surface area contributed by atoms with Gasteiger partial charge in [0, 0.05) is 19.4 Å². The second-order valence-corrected chi connectivity index (χ2v) is 4.25. The maximum Gasteiger partial charge on any atom is 0.320 e. The molecule has 9 heteroatoms. The van der Waals surface area contributed by atoms with E-state index in [-0.39, 0.29) is 12.3 Å². The monoisotopic (exact) mass is 282 g/mol. The number of aromatic nitrogens is 4. The normalized spacial score (nSPS) is 11.8. The number of hydrogen-bond donors (Lipinski definition) is 3. The van der Waals surface area contributed by atoms with Crippen molar-refractivity contribution in [3.8, 4) is 0 Å². The number of nitrogens with zero attached hydrogens (tertiary/aromatic N) is 4. The molecule has 1 heterocycles. The second-order valence-electron chi connectivity index (χ2n) is 4.25. The van der Waals surface area contributed by atoms with E-state index in [0.717, 1.165) is 0 Å². The first kappa shape index (κ1) is 15.9. The van der Waals surface area contributed by atoms with E-state index in [9.17, 15) is 9.59 Å². The summed E-state index contributed by atoms with van der Waals surface area (Å²) in [6.45, 7) is 0.497. The predicted molar refractivity (Wildman–Crippen MR) is 68.4 cm³/mol. The largest absolute Gasteiger partial charge is 0.480 e. The van der Waals surface area contributed by atoms with Crippen LogP contribution in [0.25, 0.3) is 0 Å². The molecule has 0 aliphatic rings. The van der Waals surface area contributed by atoms with Gasteiger partial charge in [-0.15, -0.1) is 20.4 Å². The highest BCUT2D eigenvalue weighted by atomic mass is 16.4. The molecule has 1 aromatic rings. The number of aliphatic carboxylic acids is 1. The van der Waals surface area contributed by atoms with Gasteiger partial charge in [-0.05, 0) is 19.3 Å². The van der Waals surface area contributed by atoms with E-state index in [1.807, 2.05) is 0 Å². The van der Waals surface area contributed by atoms with Gasteiger partial charge in [0.15, 0.2) is 12.2 Å². The van der Waals surface area contributed by atoms with Crippen molar-refractivity contribution in [2.24, 2.45) is 5.73 Å². The number of carbonyl (C=O) groups excluding carboxylic acids is 1. The third-order valence-corrected chi connectivity index (χ3v) is 2.61. The van der Waals surface area contributed by atoms with Gasteiger partial charge in [-0.2, -0.15) is 0 Å². The van der Waals surface area contributed by atoms with Gasteiger partial charge in [-0.1, -0.05) is 0 Å². The van der Waals surface area contributed by atoms with Crippen molar-refractivity contribution in [3.05, 3.63) is 12.2 Å². The van der Waals surface area contributed by atoms with E-state index in [4.69, 9.17) is 10.8 Å². The molecule has 0 radical (unpaired) electrons. The third kappa shape index (κ3) is 6.69. The molecule has 1 atom stereocenters. The lowest BCUT2D eigenvalue weighted by Crippen LogP contribution is -2.30. The molecule has 0 spiro atoms. The molecule has 0 aromatic carbocycles. The molecule has 0 saturated carbocycles. The zero-order valence-electron chi connectivity index (χ0n) is 11.0. The lowest BCUT2D eigenvalue weighted by molar-refractivity contribution is -0.138. The zero-order valence-corrected chi connectivity index (χ0v) is 11.0. The van der Waals surface area contributed by atoms with E-state index in [2.05, 4.69) is 25.7 Å². The molecule has 1 aromatic heterocycles. The number of nitrogens with one attached hydrogen (secondary N) is 1. The van der Waals surface area contributed by atoms with Gasteiger partial charge < -0.3 is 16.2 Å². The average Bonchev–Trinajstić information content (AvgIpc) is 2.45. The van der Waals surface area contributed by atoms with Crippen LogP contribution in [0.3, 0.4) is 0 Å². The minimum Gasteiger partial charge on any atom is -0.480 e. The molecule has 110 valence electrons. The molecule has 1 rings (SSSR count). The Labute approximate surface area is 116 Å². The predicted octanol–water partition coefficient (Wildman–Crippen LogP) is -1.10. The van der Waals surface area contributed by atoms with Crippen LogP contribution in [-0.2, 0) is 16.0 Å². The lowest BCUT2D eigenvalue weighted by Gasteiger charge is -2.07. The summed E-state index contributed by atoms with van der Waals surface area (Å²) < 4.78 is 0. The minimum absolute atomic E-state index is 0.111. The zero-order chi connectivity index (χ0) is 14.8. The van der Waals surface area contributed by atoms with Crippen LogP contribution in [0, 0.1) is 0 Å². The Morgan fingerprint density at radius 2 is 2.00 bits per heavy atom. The minimum atomic E-state index is -1.00. The molecule has 0 aliphatic carbocycles. The Kier molecular flexibility index (Phi) is 7.04. The summed E-state index contributed by atoms with van der Waals surface area (Å²) in [5, 5.41) is 25.9. The number of rotatable bonds is 9. The van der Waals surface area contributed by atoms with E-state index in [1.54, 1.807) is 0 Å². The first-order chi connectivity index (χ1) is 9.59. The molecule has 0 fully saturated rings. The highest BCUT2D eigenvalue weighted by Gasteiger charge is 2.10. The fourth-order valence-electron chi connectivity index (χ4n) is 1.48. The quantitative estimate of drug-likeness (QED) is 0.484. The Hall–Kier alpha value is -2.16. The smallest absolute Gasteiger partial charge is 0.320 e. The number of carbonyl (C=O) groups is 2. The molecule has 4 N–H and O–H groups in total. The maximum atomic E-state index is 11.5. The maximum absolute atomic E-state index is 11.5. The summed E-state index contributed by atoms with van der Waals surface area (Å²) in [6, 6.07) is -0.832. The summed E-state index contributed by atoms with van der Waals surface area (Å²) in [6.07, 6.45) is 3.63. The number of unbranched alkanes of at least 4 members (excludes halogenated alkanes) is 1. The van der Waals surface area contributed by atoms with E-state index in [1.165, 1.54) is 6.33 Å². The van der Waals surface area contributed by atoms with Crippen LogP contribution in [0.4, 0.5) is 0 Å². The van der Waals surface area contributed by atoms with Gasteiger partial charge in [0.1, 0.15) is 6.04 Å². The van der Waals surface area contributed by atoms with Crippen molar-refractivity contribution in [3.63, 3.8) is 0 Å². The topological polar surface area (TPSA) is 144 Å². The van der Waals surface area contributed by atoms with Crippen molar-refractivity contribution in [1.82, 2.24) is 25.7 Å². The number of nitrogens with two attached hydrogens (primary N) is 1. The van der Waals surface area contributed by atoms with Crippen LogP contribution in [0.15, 0.2) is 6.33 Å². The summed E-state index contributed by atoms with van der Waals surface area (Å²) >= 11 is 0. The van der Waals surface area contributed by atoms with Crippen LogP contribution in [0.2, 0.25) is 0 Å². The summed E-state index contributed by atoms with van der Waals surface area (Å²) in [4.78, 5) is 22.0. The van der Waals surface area contributed by atoms with Gasteiger partial charge in [0.05, 0.1) is 0 Å². The van der Waals surface area contributed by atoms with Gasteiger partial charge in [-0.25, -0.2) is 0 Å². The highest BCUT2D eigenvalue weighted by Crippen LogP contribution is 1.98. The highest BCUT2D eigenvalue weighted by molar-refractivity contribution is 5.76. The summed E-state index contributed by atoms with van der Waals surface area (Å²) in [7, 11) is 0. The van der Waals surface area contributed by atoms with Crippen molar-refractivity contribution in [2.75, 3.05) is 6.54 Å². The lowest BCUT2D eigenvalue weighted by atomic mass is 10.1. The van der Waals surface area contributed by atoms with Gasteiger partial charge in [0.2, 0.25) is 5.91 Å². The van der Waals surface area contributed by atoms with E-state index >= 15 is 0 Å². The Balaban J connectivity index is 2.05. The molecular weight excluding hydrogens is 264 g/mol. The third-order valence-electron chi connectivity index (χ3n) is 2.61. The second kappa shape index (κ2) is 8.86. The standard InChI is InChI=1S/C11H18N6O3/c12-8(11(19)20)3-1-2-6-13-10(18)5-4-9-16-14-7-15-17-9/h7-8H,1-6,12H2,(H,13,18)(H,19,20)/t8-/m0/s1. The molecule has 1 amide bonds. The first-order valence-electron chi connectivity index (χ1n) is 6.34. The van der Waals surface area contributed by atoms with Gasteiger partial charge in [-0.3, -0.25) is 9.59 Å². The Bertz CT molecular complexity index is 427. The fraction of sp³-hybridized carbons (Fsp3) is 0.636.